The van der Waals surface area contributed by atoms with Gasteiger partial charge in [0.1, 0.15) is 5.82 Å². The molecule has 0 atom stereocenters. The predicted molar refractivity (Wildman–Crippen MR) is 116 cm³/mol. The molecule has 9 heteroatoms. The van der Waals surface area contributed by atoms with E-state index in [1.165, 1.54) is 17.1 Å². The van der Waals surface area contributed by atoms with Crippen LogP contribution in [0.5, 0.6) is 5.88 Å². The first-order chi connectivity index (χ1) is 14.8. The maximum Gasteiger partial charge on any atom is 0.255 e. The molecular weight excluding hydrogens is 399 g/mol. The molecular formula is C22H25FN6O2. The molecule has 1 aliphatic rings. The molecule has 1 aliphatic heterocycles. The molecule has 3 heterocycles. The van der Waals surface area contributed by atoms with Gasteiger partial charge in [-0.2, -0.15) is 9.78 Å². The highest BCUT2D eigenvalue weighted by molar-refractivity contribution is 5.94. The Morgan fingerprint density at radius 3 is 2.55 bits per heavy atom. The van der Waals surface area contributed by atoms with E-state index in [-0.39, 0.29) is 17.6 Å². The number of amides is 1. The molecule has 1 saturated heterocycles. The second kappa shape index (κ2) is 7.99. The highest BCUT2D eigenvalue weighted by atomic mass is 19.1. The number of benzene rings is 1. The molecule has 0 saturated carbocycles. The van der Waals surface area contributed by atoms with Gasteiger partial charge in [-0.05, 0) is 50.3 Å². The zero-order chi connectivity index (χ0) is 22.3. The molecule has 2 aromatic heterocycles. The van der Waals surface area contributed by atoms with Gasteiger partial charge in [0.05, 0.1) is 23.0 Å². The second-order valence-corrected chi connectivity index (χ2v) is 7.88. The number of carbonyl (C=O) groups excluding carboxylic acids is 1. The molecule has 4 rings (SSSR count). The topological polar surface area (TPSA) is 86.5 Å². The fourth-order valence-corrected chi connectivity index (χ4v) is 3.64. The third-order valence-electron chi connectivity index (χ3n) is 5.78. The number of anilines is 1. The molecule has 0 unspecified atom stereocenters. The Bertz CT molecular complexity index is 1120. The number of rotatable bonds is 5. The molecule has 1 fully saturated rings. The van der Waals surface area contributed by atoms with Crippen molar-refractivity contribution in [1.82, 2.24) is 24.6 Å². The van der Waals surface area contributed by atoms with Gasteiger partial charge in [0, 0.05) is 32.4 Å². The summed E-state index contributed by atoms with van der Waals surface area (Å²) >= 11 is 0. The zero-order valence-corrected chi connectivity index (χ0v) is 17.9. The van der Waals surface area contributed by atoms with Crippen molar-refractivity contribution >= 4 is 11.6 Å². The summed E-state index contributed by atoms with van der Waals surface area (Å²) in [6.07, 6.45) is 2.95. The van der Waals surface area contributed by atoms with Gasteiger partial charge >= 0.3 is 0 Å². The van der Waals surface area contributed by atoms with E-state index in [0.29, 0.717) is 52.9 Å². The molecule has 31 heavy (non-hydrogen) atoms. The SMILES string of the molecule is CNc1ccc(-c2cnn(-c3ccc(C(=O)N4CC(N(C)C)C4)cn3)c2O)c(C)c1F. The summed E-state index contributed by atoms with van der Waals surface area (Å²) in [5.41, 5.74) is 2.21. The summed E-state index contributed by atoms with van der Waals surface area (Å²) in [5.74, 6) is -0.239. The summed E-state index contributed by atoms with van der Waals surface area (Å²) in [7, 11) is 5.65. The van der Waals surface area contributed by atoms with Crippen LogP contribution in [-0.2, 0) is 0 Å². The highest BCUT2D eigenvalue weighted by Crippen LogP contribution is 2.35. The Balaban J connectivity index is 1.56. The molecule has 8 nitrogen and oxygen atoms in total. The number of hydrogen-bond acceptors (Lipinski definition) is 6. The molecule has 0 bridgehead atoms. The Kier molecular flexibility index (Phi) is 5.36. The molecule has 0 spiro atoms. The summed E-state index contributed by atoms with van der Waals surface area (Å²) < 4.78 is 15.7. The quantitative estimate of drug-likeness (QED) is 0.655. The zero-order valence-electron chi connectivity index (χ0n) is 17.9. The van der Waals surface area contributed by atoms with E-state index in [0.717, 1.165) is 0 Å². The summed E-state index contributed by atoms with van der Waals surface area (Å²) in [6, 6.07) is 7.02. The van der Waals surface area contributed by atoms with E-state index < -0.39 is 0 Å². The Morgan fingerprint density at radius 2 is 1.94 bits per heavy atom. The lowest BCUT2D eigenvalue weighted by molar-refractivity contribution is 0.0399. The van der Waals surface area contributed by atoms with Gasteiger partial charge in [-0.1, -0.05) is 6.07 Å². The van der Waals surface area contributed by atoms with Crippen LogP contribution in [0.4, 0.5) is 10.1 Å². The largest absolute Gasteiger partial charge is 0.493 e. The number of aromatic nitrogens is 3. The van der Waals surface area contributed by atoms with Crippen LogP contribution >= 0.6 is 0 Å². The number of pyridine rings is 1. The van der Waals surface area contributed by atoms with E-state index >= 15 is 0 Å². The minimum atomic E-state index is -0.379. The van der Waals surface area contributed by atoms with Crippen LogP contribution < -0.4 is 5.32 Å². The average Bonchev–Trinajstić information content (AvgIpc) is 3.09. The molecule has 1 amide bonds. The first kappa shape index (κ1) is 20.8. The van der Waals surface area contributed by atoms with Gasteiger partial charge in [-0.25, -0.2) is 9.37 Å². The smallest absolute Gasteiger partial charge is 0.255 e. The fraction of sp³-hybridized carbons (Fsp3) is 0.318. The monoisotopic (exact) mass is 424 g/mol. The lowest BCUT2D eigenvalue weighted by atomic mass is 10.0. The molecule has 0 aliphatic carbocycles. The number of hydrogen-bond donors (Lipinski definition) is 2. The van der Waals surface area contributed by atoms with Crippen molar-refractivity contribution < 1.29 is 14.3 Å². The number of halogens is 1. The van der Waals surface area contributed by atoms with Gasteiger partial charge in [-0.15, -0.1) is 0 Å². The van der Waals surface area contributed by atoms with Crippen molar-refractivity contribution in [3.8, 4) is 22.8 Å². The highest BCUT2D eigenvalue weighted by Gasteiger charge is 2.32. The van der Waals surface area contributed by atoms with E-state index in [4.69, 9.17) is 0 Å². The van der Waals surface area contributed by atoms with E-state index in [1.807, 2.05) is 14.1 Å². The minimum Gasteiger partial charge on any atom is -0.493 e. The van der Waals surface area contributed by atoms with Crippen molar-refractivity contribution in [1.29, 1.82) is 0 Å². The molecule has 162 valence electrons. The standard InChI is InChI=1S/C22H25FN6O2/c1-13-16(6-7-18(24-2)20(13)23)17-10-26-29(22(17)31)19-8-5-14(9-25-19)21(30)28-11-15(12-28)27(3)4/h5-10,15,24,31H,11-12H2,1-4H3. The predicted octanol–water partition coefficient (Wildman–Crippen LogP) is 2.52. The van der Waals surface area contributed by atoms with E-state index in [9.17, 15) is 14.3 Å². The van der Waals surface area contributed by atoms with E-state index in [1.54, 1.807) is 43.1 Å². The first-order valence-electron chi connectivity index (χ1n) is 9.98. The molecule has 0 radical (unpaired) electrons. The van der Waals surface area contributed by atoms with Crippen LogP contribution in [0.1, 0.15) is 15.9 Å². The number of nitrogens with one attached hydrogen (secondary N) is 1. The minimum absolute atomic E-state index is 0.0711. The maximum absolute atomic E-state index is 14.5. The summed E-state index contributed by atoms with van der Waals surface area (Å²) in [5, 5.41) is 17.7. The van der Waals surface area contributed by atoms with Crippen molar-refractivity contribution in [3.63, 3.8) is 0 Å². The van der Waals surface area contributed by atoms with Gasteiger partial charge in [0.15, 0.2) is 5.82 Å². The Hall–Kier alpha value is -3.46. The Labute approximate surface area is 179 Å². The van der Waals surface area contributed by atoms with Crippen molar-refractivity contribution in [2.75, 3.05) is 39.5 Å². The van der Waals surface area contributed by atoms with Gasteiger partial charge in [0.2, 0.25) is 5.88 Å². The van der Waals surface area contributed by atoms with Crippen molar-refractivity contribution in [2.24, 2.45) is 0 Å². The normalized spacial score (nSPS) is 14.1. The summed E-state index contributed by atoms with van der Waals surface area (Å²) in [4.78, 5) is 20.7. The van der Waals surface area contributed by atoms with Crippen LogP contribution in [0.3, 0.4) is 0 Å². The number of likely N-dealkylation sites (N-methyl/N-ethyl adjacent to an activating group) is 1. The van der Waals surface area contributed by atoms with Crippen LogP contribution in [0.2, 0.25) is 0 Å². The maximum atomic E-state index is 14.5. The van der Waals surface area contributed by atoms with Crippen LogP contribution in [-0.4, -0.2) is 75.9 Å². The number of aromatic hydroxyl groups is 1. The average molecular weight is 424 g/mol. The van der Waals surface area contributed by atoms with Gasteiger partial charge in [0.25, 0.3) is 5.91 Å². The first-order valence-corrected chi connectivity index (χ1v) is 9.98. The fourth-order valence-electron chi connectivity index (χ4n) is 3.64. The molecule has 1 aromatic carbocycles. The lowest BCUT2D eigenvalue weighted by Crippen LogP contribution is -2.59. The third kappa shape index (κ3) is 3.61. The van der Waals surface area contributed by atoms with Crippen LogP contribution in [0, 0.1) is 12.7 Å². The van der Waals surface area contributed by atoms with Gasteiger partial charge in [-0.3, -0.25) is 4.79 Å². The van der Waals surface area contributed by atoms with Crippen molar-refractivity contribution in [2.45, 2.75) is 13.0 Å². The van der Waals surface area contributed by atoms with Crippen LogP contribution in [0.25, 0.3) is 16.9 Å². The van der Waals surface area contributed by atoms with Crippen molar-refractivity contribution in [3.05, 3.63) is 53.6 Å². The lowest BCUT2D eigenvalue weighted by Gasteiger charge is -2.42. The number of likely N-dealkylation sites (tertiary alicyclic amines) is 1. The summed E-state index contributed by atoms with van der Waals surface area (Å²) in [6.45, 7) is 3.04. The van der Waals surface area contributed by atoms with Crippen LogP contribution in [0.15, 0.2) is 36.7 Å². The van der Waals surface area contributed by atoms with Gasteiger partial charge < -0.3 is 20.2 Å². The molecule has 2 N–H and O–H groups in total. The third-order valence-corrected chi connectivity index (χ3v) is 5.78. The Morgan fingerprint density at radius 1 is 1.19 bits per heavy atom. The molecule has 3 aromatic rings. The van der Waals surface area contributed by atoms with E-state index in [2.05, 4.69) is 20.3 Å². The number of carbonyl (C=O) groups is 1. The second-order valence-electron chi connectivity index (χ2n) is 7.88. The number of nitrogens with zero attached hydrogens (tertiary/aromatic N) is 5.